The van der Waals surface area contributed by atoms with Crippen LogP contribution in [0.15, 0.2) is 48.5 Å². The van der Waals surface area contributed by atoms with E-state index in [9.17, 15) is 14.4 Å². The summed E-state index contributed by atoms with van der Waals surface area (Å²) in [6.07, 6.45) is 1.82. The molecule has 1 aliphatic carbocycles. The molecule has 1 fully saturated rings. The highest BCUT2D eigenvalue weighted by Crippen LogP contribution is 2.49. The average molecular weight is 364 g/mol. The number of nitrogens with one attached hydrogen (secondary N) is 1. The maximum absolute atomic E-state index is 13.2. The number of esters is 1. The topological polar surface area (TPSA) is 75.7 Å². The van der Waals surface area contributed by atoms with E-state index < -0.39 is 11.4 Å². The van der Waals surface area contributed by atoms with E-state index in [1.54, 1.807) is 29.2 Å². The van der Waals surface area contributed by atoms with E-state index in [-0.39, 0.29) is 17.4 Å². The minimum absolute atomic E-state index is 0.166. The lowest BCUT2D eigenvalue weighted by atomic mass is 10.0. The standard InChI is InChI=1S/C21H20N2O4/c1-27-18(24)15-7-3-4-8-16(15)22-19(25)21(11-12-21)20(26)23-13-10-14-6-2-5-9-17(14)23/h2-9H,10-13H2,1H3,(H,22,25). The van der Waals surface area contributed by atoms with Gasteiger partial charge in [-0.2, -0.15) is 0 Å². The highest BCUT2D eigenvalue weighted by molar-refractivity contribution is 6.19. The Morgan fingerprint density at radius 1 is 1.04 bits per heavy atom. The maximum atomic E-state index is 13.2. The lowest BCUT2D eigenvalue weighted by molar-refractivity contribution is -0.132. The lowest BCUT2D eigenvalue weighted by Crippen LogP contribution is -2.42. The molecule has 138 valence electrons. The molecule has 6 nitrogen and oxygen atoms in total. The summed E-state index contributed by atoms with van der Waals surface area (Å²) in [6.45, 7) is 0.589. The van der Waals surface area contributed by atoms with E-state index in [0.717, 1.165) is 17.7 Å². The smallest absolute Gasteiger partial charge is 0.339 e. The summed E-state index contributed by atoms with van der Waals surface area (Å²) >= 11 is 0. The first-order valence-corrected chi connectivity index (χ1v) is 8.95. The van der Waals surface area contributed by atoms with Gasteiger partial charge in [-0.1, -0.05) is 30.3 Å². The monoisotopic (exact) mass is 364 g/mol. The number of fused-ring (bicyclic) bond motifs is 1. The van der Waals surface area contributed by atoms with Gasteiger partial charge in [0.15, 0.2) is 0 Å². The number of methoxy groups -OCH3 is 1. The van der Waals surface area contributed by atoms with Gasteiger partial charge in [-0.05, 0) is 43.0 Å². The fourth-order valence-electron chi connectivity index (χ4n) is 3.59. The minimum atomic E-state index is -1.05. The van der Waals surface area contributed by atoms with Crippen molar-refractivity contribution in [3.05, 3.63) is 59.7 Å². The molecule has 0 aromatic heterocycles. The van der Waals surface area contributed by atoms with Crippen molar-refractivity contribution in [2.45, 2.75) is 19.3 Å². The van der Waals surface area contributed by atoms with Crippen molar-refractivity contribution >= 4 is 29.2 Å². The van der Waals surface area contributed by atoms with Crippen LogP contribution in [0.1, 0.15) is 28.8 Å². The molecule has 0 bridgehead atoms. The van der Waals surface area contributed by atoms with Crippen LogP contribution in [-0.4, -0.2) is 31.4 Å². The Balaban J connectivity index is 1.57. The van der Waals surface area contributed by atoms with Crippen LogP contribution in [0.2, 0.25) is 0 Å². The first kappa shape index (κ1) is 17.3. The first-order valence-electron chi connectivity index (χ1n) is 8.95. The molecular weight excluding hydrogens is 344 g/mol. The van der Waals surface area contributed by atoms with Gasteiger partial charge in [-0.25, -0.2) is 4.79 Å². The third kappa shape index (κ3) is 2.87. The van der Waals surface area contributed by atoms with E-state index in [1.807, 2.05) is 24.3 Å². The molecule has 1 saturated carbocycles. The summed E-state index contributed by atoms with van der Waals surface area (Å²) in [6, 6.07) is 14.4. The molecule has 1 aliphatic heterocycles. The Kier molecular flexibility index (Phi) is 4.18. The minimum Gasteiger partial charge on any atom is -0.465 e. The molecule has 2 amide bonds. The molecule has 27 heavy (non-hydrogen) atoms. The lowest BCUT2D eigenvalue weighted by Gasteiger charge is -2.23. The fourth-order valence-corrected chi connectivity index (χ4v) is 3.59. The molecule has 0 spiro atoms. The van der Waals surface area contributed by atoms with Crippen molar-refractivity contribution < 1.29 is 19.1 Å². The van der Waals surface area contributed by atoms with Crippen LogP contribution < -0.4 is 10.2 Å². The van der Waals surface area contributed by atoms with Gasteiger partial charge < -0.3 is 15.0 Å². The van der Waals surface area contributed by atoms with Gasteiger partial charge in [0.05, 0.1) is 18.4 Å². The van der Waals surface area contributed by atoms with Crippen molar-refractivity contribution in [1.82, 2.24) is 0 Å². The third-order valence-corrected chi connectivity index (χ3v) is 5.31. The van der Waals surface area contributed by atoms with E-state index in [0.29, 0.717) is 25.1 Å². The van der Waals surface area contributed by atoms with Gasteiger partial charge in [-0.3, -0.25) is 9.59 Å². The normalized spacial score (nSPS) is 16.4. The Labute approximate surface area is 157 Å². The molecule has 2 aromatic rings. The number of hydrogen-bond acceptors (Lipinski definition) is 4. The van der Waals surface area contributed by atoms with Crippen LogP contribution in [0.3, 0.4) is 0 Å². The van der Waals surface area contributed by atoms with Crippen LogP contribution in [0, 0.1) is 5.41 Å². The molecule has 0 unspecified atom stereocenters. The molecule has 6 heteroatoms. The SMILES string of the molecule is COC(=O)c1ccccc1NC(=O)C1(C(=O)N2CCc3ccccc32)CC1. The van der Waals surface area contributed by atoms with Gasteiger partial charge in [0, 0.05) is 12.2 Å². The average Bonchev–Trinajstić information content (AvgIpc) is 3.41. The molecule has 2 aliphatic rings. The van der Waals surface area contributed by atoms with E-state index in [1.165, 1.54) is 7.11 Å². The van der Waals surface area contributed by atoms with E-state index >= 15 is 0 Å². The Morgan fingerprint density at radius 3 is 2.48 bits per heavy atom. The van der Waals surface area contributed by atoms with Crippen molar-refractivity contribution in [2.24, 2.45) is 5.41 Å². The number of benzene rings is 2. The van der Waals surface area contributed by atoms with Crippen LogP contribution in [0.4, 0.5) is 11.4 Å². The summed E-state index contributed by atoms with van der Waals surface area (Å²) in [5.41, 5.74) is 1.58. The molecule has 0 radical (unpaired) electrons. The third-order valence-electron chi connectivity index (χ3n) is 5.31. The Bertz CT molecular complexity index is 933. The van der Waals surface area contributed by atoms with Crippen molar-refractivity contribution in [3.63, 3.8) is 0 Å². The van der Waals surface area contributed by atoms with Crippen molar-refractivity contribution in [1.29, 1.82) is 0 Å². The van der Waals surface area contributed by atoms with E-state index in [4.69, 9.17) is 4.74 Å². The maximum Gasteiger partial charge on any atom is 0.339 e. The summed E-state index contributed by atoms with van der Waals surface area (Å²) in [4.78, 5) is 39.8. The molecule has 0 atom stereocenters. The van der Waals surface area contributed by atoms with Gasteiger partial charge in [-0.15, -0.1) is 0 Å². The number of nitrogens with zero attached hydrogens (tertiary/aromatic N) is 1. The van der Waals surface area contributed by atoms with Gasteiger partial charge in [0.1, 0.15) is 5.41 Å². The summed E-state index contributed by atoms with van der Waals surface area (Å²) in [7, 11) is 1.29. The second-order valence-electron chi connectivity index (χ2n) is 6.91. The second-order valence-corrected chi connectivity index (χ2v) is 6.91. The number of hydrogen-bond donors (Lipinski definition) is 1. The van der Waals surface area contributed by atoms with Crippen molar-refractivity contribution in [3.8, 4) is 0 Å². The van der Waals surface area contributed by atoms with Crippen LogP contribution in [0.25, 0.3) is 0 Å². The molecule has 2 aromatic carbocycles. The highest BCUT2D eigenvalue weighted by atomic mass is 16.5. The number of anilines is 2. The zero-order valence-corrected chi connectivity index (χ0v) is 15.0. The second kappa shape index (κ2) is 6.54. The summed E-state index contributed by atoms with van der Waals surface area (Å²) in [5, 5.41) is 2.77. The Morgan fingerprint density at radius 2 is 1.74 bits per heavy atom. The molecule has 0 saturated heterocycles. The number of carbonyl (C=O) groups excluding carboxylic acids is 3. The fraction of sp³-hybridized carbons (Fsp3) is 0.286. The quantitative estimate of drug-likeness (QED) is 0.669. The predicted molar refractivity (Wildman–Crippen MR) is 101 cm³/mol. The van der Waals surface area contributed by atoms with Crippen LogP contribution in [-0.2, 0) is 20.7 Å². The largest absolute Gasteiger partial charge is 0.465 e. The number of carbonyl (C=O) groups is 3. The van der Waals surface area contributed by atoms with Crippen LogP contribution in [0.5, 0.6) is 0 Å². The predicted octanol–water partition coefficient (Wildman–Crippen LogP) is 2.78. The highest BCUT2D eigenvalue weighted by Gasteiger charge is 2.58. The molecule has 1 heterocycles. The molecular formula is C21H20N2O4. The van der Waals surface area contributed by atoms with Gasteiger partial charge in [0.2, 0.25) is 11.8 Å². The van der Waals surface area contributed by atoms with Gasteiger partial charge in [0.25, 0.3) is 0 Å². The number of ether oxygens (including phenoxy) is 1. The first-order chi connectivity index (χ1) is 13.1. The molecule has 1 N–H and O–H groups in total. The number of rotatable bonds is 4. The van der Waals surface area contributed by atoms with Crippen molar-refractivity contribution in [2.75, 3.05) is 23.9 Å². The van der Waals surface area contributed by atoms with Gasteiger partial charge >= 0.3 is 5.97 Å². The van der Waals surface area contributed by atoms with Crippen LogP contribution >= 0.6 is 0 Å². The summed E-state index contributed by atoms with van der Waals surface area (Å²) < 4.78 is 4.76. The number of amides is 2. The molecule has 4 rings (SSSR count). The van der Waals surface area contributed by atoms with E-state index in [2.05, 4.69) is 5.32 Å². The zero-order chi connectivity index (χ0) is 19.0. The Hall–Kier alpha value is -3.15. The summed E-state index contributed by atoms with van der Waals surface area (Å²) in [5.74, 6) is -1.07. The number of para-hydroxylation sites is 2. The zero-order valence-electron chi connectivity index (χ0n) is 15.0.